The third-order valence-electron chi connectivity index (χ3n) is 15.1. The number of carbonyl (C=O) groups excluding carboxylic acids is 5. The number of fused-ring (bicyclic) bond motifs is 6. The molecule has 8 aliphatic rings. The van der Waals surface area contributed by atoms with E-state index in [1.54, 1.807) is 0 Å². The lowest BCUT2D eigenvalue weighted by Crippen LogP contribution is -2.55. The van der Waals surface area contributed by atoms with Gasteiger partial charge in [-0.3, -0.25) is 24.1 Å². The molecule has 5 saturated carbocycles. The zero-order valence-corrected chi connectivity index (χ0v) is 28.7. The molecule has 7 fully saturated rings. The first kappa shape index (κ1) is 32.5. The van der Waals surface area contributed by atoms with Crippen LogP contribution in [0.3, 0.4) is 0 Å². The van der Waals surface area contributed by atoms with Gasteiger partial charge in [-0.15, -0.1) is 0 Å². The topological polar surface area (TPSA) is 126 Å². The fourth-order valence-corrected chi connectivity index (χ4v) is 12.4. The van der Waals surface area contributed by atoms with E-state index in [4.69, 9.17) is 18.9 Å². The van der Waals surface area contributed by atoms with Gasteiger partial charge in [0.1, 0.15) is 17.8 Å². The van der Waals surface area contributed by atoms with E-state index in [9.17, 15) is 24.0 Å². The molecule has 2 aliphatic heterocycles. The second kappa shape index (κ2) is 11.7. The fourth-order valence-electron chi connectivity index (χ4n) is 12.4. The third-order valence-corrected chi connectivity index (χ3v) is 15.1. The first-order valence-electron chi connectivity index (χ1n) is 18.7. The molecule has 262 valence electrons. The van der Waals surface area contributed by atoms with Crippen molar-refractivity contribution in [2.75, 3.05) is 26.2 Å². The summed E-state index contributed by atoms with van der Waals surface area (Å²) in [5.41, 5.74) is 0.567. The molecular formula is C38H51NO9. The van der Waals surface area contributed by atoms with Crippen LogP contribution in [-0.4, -0.2) is 78.6 Å². The van der Waals surface area contributed by atoms with Crippen LogP contribution >= 0.6 is 0 Å². The Morgan fingerprint density at radius 2 is 1.67 bits per heavy atom. The van der Waals surface area contributed by atoms with Gasteiger partial charge < -0.3 is 18.9 Å². The molecule has 0 aromatic rings. The zero-order chi connectivity index (χ0) is 33.6. The van der Waals surface area contributed by atoms with Crippen molar-refractivity contribution in [3.63, 3.8) is 0 Å². The van der Waals surface area contributed by atoms with Crippen molar-refractivity contribution in [2.24, 2.45) is 52.3 Å². The van der Waals surface area contributed by atoms with Crippen LogP contribution in [-0.2, 0) is 42.9 Å². The number of piperidine rings is 1. The lowest BCUT2D eigenvalue weighted by Gasteiger charge is -2.59. The second-order valence-corrected chi connectivity index (χ2v) is 17.1. The van der Waals surface area contributed by atoms with Crippen LogP contribution in [0, 0.1) is 52.3 Å². The molecule has 10 heteroatoms. The minimum atomic E-state index is -0.803. The third kappa shape index (κ3) is 4.92. The quantitative estimate of drug-likeness (QED) is 0.282. The van der Waals surface area contributed by atoms with Crippen molar-refractivity contribution in [3.8, 4) is 0 Å². The normalized spacial score (nSPS) is 45.8. The monoisotopic (exact) mass is 665 g/mol. The maximum absolute atomic E-state index is 13.5. The highest BCUT2D eigenvalue weighted by Gasteiger charge is 2.70. The van der Waals surface area contributed by atoms with Crippen LogP contribution in [0.1, 0.15) is 97.8 Å². The molecule has 48 heavy (non-hydrogen) atoms. The Morgan fingerprint density at radius 3 is 2.46 bits per heavy atom. The van der Waals surface area contributed by atoms with Gasteiger partial charge in [0, 0.05) is 23.7 Å². The number of hydrogen-bond acceptors (Lipinski definition) is 10. The van der Waals surface area contributed by atoms with Crippen molar-refractivity contribution in [1.29, 1.82) is 0 Å². The molecule has 0 aromatic heterocycles. The lowest BCUT2D eigenvalue weighted by molar-refractivity contribution is -0.188. The van der Waals surface area contributed by atoms with Crippen molar-refractivity contribution in [2.45, 2.75) is 116 Å². The van der Waals surface area contributed by atoms with Crippen molar-refractivity contribution in [3.05, 3.63) is 11.6 Å². The Morgan fingerprint density at radius 1 is 0.896 bits per heavy atom. The van der Waals surface area contributed by atoms with E-state index in [0.717, 1.165) is 77.3 Å². The molecule has 0 radical (unpaired) electrons. The molecule has 2 heterocycles. The van der Waals surface area contributed by atoms with Crippen molar-refractivity contribution in [1.82, 2.24) is 4.90 Å². The molecule has 0 amide bonds. The largest absolute Gasteiger partial charge is 0.458 e. The summed E-state index contributed by atoms with van der Waals surface area (Å²) in [5.74, 6) is -2.21. The smallest absolute Gasteiger partial charge is 0.344 e. The number of hydrogen-bond donors (Lipinski definition) is 0. The van der Waals surface area contributed by atoms with Gasteiger partial charge in [0.2, 0.25) is 0 Å². The van der Waals surface area contributed by atoms with Crippen molar-refractivity contribution < 1.29 is 42.9 Å². The molecular weight excluding hydrogens is 614 g/mol. The minimum Gasteiger partial charge on any atom is -0.458 e. The fraction of sp³-hybridized carbons (Fsp3) is 0.816. The summed E-state index contributed by atoms with van der Waals surface area (Å²) in [6, 6.07) is 0. The van der Waals surface area contributed by atoms with E-state index in [0.29, 0.717) is 30.6 Å². The maximum atomic E-state index is 13.5. The van der Waals surface area contributed by atoms with Crippen LogP contribution in [0.5, 0.6) is 0 Å². The number of esters is 4. The van der Waals surface area contributed by atoms with E-state index in [2.05, 4.69) is 25.7 Å². The Hall–Kier alpha value is -2.75. The van der Waals surface area contributed by atoms with Crippen molar-refractivity contribution >= 4 is 29.7 Å². The number of likely N-dealkylation sites (tertiary alicyclic amines) is 1. The lowest BCUT2D eigenvalue weighted by atomic mass is 9.46. The number of rotatable bonds is 7. The summed E-state index contributed by atoms with van der Waals surface area (Å²) in [7, 11) is 0. The molecule has 10 nitrogen and oxygen atoms in total. The standard InChI is InChI=1S/C38H51NO9/c1-36-12-9-22(40)17-21(36)7-8-23-26(36)10-13-37(2)27(23)11-14-38(37,3)48-29(42)20-45-34(43)30-24-18-25-31(30)35(44)47-33(25)32(24)46-28(41)19-39-15-5-4-6-16-39/h17,23-27,30-33H,4-16,18-20H2,1-3H3/t23?,24?,25?,26-,27-,30?,31?,32?,33?,36-,37-,38?/m0/s1. The summed E-state index contributed by atoms with van der Waals surface area (Å²) < 4.78 is 23.4. The van der Waals surface area contributed by atoms with Crippen LogP contribution in [0.2, 0.25) is 0 Å². The average Bonchev–Trinajstić information content (AvgIpc) is 3.74. The number of ether oxygens (including phenoxy) is 4. The Bertz CT molecular complexity index is 1430. The number of nitrogens with zero attached hydrogens (tertiary/aromatic N) is 1. The van der Waals surface area contributed by atoms with E-state index in [1.807, 2.05) is 6.08 Å². The van der Waals surface area contributed by atoms with Gasteiger partial charge in [0.15, 0.2) is 12.4 Å². The molecule has 12 atom stereocenters. The van der Waals surface area contributed by atoms with Crippen LogP contribution < -0.4 is 0 Å². The number of ketones is 1. The van der Waals surface area contributed by atoms with Crippen LogP contribution in [0.4, 0.5) is 0 Å². The highest BCUT2D eigenvalue weighted by molar-refractivity contribution is 5.91. The summed E-state index contributed by atoms with van der Waals surface area (Å²) in [6.07, 6.45) is 11.9. The predicted molar refractivity (Wildman–Crippen MR) is 171 cm³/mol. The van der Waals surface area contributed by atoms with Crippen LogP contribution in [0.25, 0.3) is 0 Å². The molecule has 0 N–H and O–H groups in total. The van der Waals surface area contributed by atoms with Crippen LogP contribution in [0.15, 0.2) is 11.6 Å². The average molecular weight is 666 g/mol. The number of carbonyl (C=O) groups is 5. The van der Waals surface area contributed by atoms with Gasteiger partial charge in [-0.2, -0.15) is 0 Å². The SMILES string of the molecule is CC1(OC(=O)COC(=O)C2C3CC4C(OC(=O)C42)C3OC(=O)CN2CCCCC2)CC[C@H]2C3CCC4=CC(=O)CC[C@]4(C)[C@H]3CC[C@@]21C. The molecule has 8 unspecified atom stereocenters. The van der Waals surface area contributed by atoms with E-state index in [-0.39, 0.29) is 41.0 Å². The van der Waals surface area contributed by atoms with Gasteiger partial charge in [0.05, 0.1) is 18.4 Å². The first-order chi connectivity index (χ1) is 22.9. The Kier molecular flexibility index (Phi) is 7.88. The summed E-state index contributed by atoms with van der Waals surface area (Å²) in [5, 5.41) is 0. The second-order valence-electron chi connectivity index (χ2n) is 17.1. The number of allylic oxidation sites excluding steroid dienone is 1. The Labute approximate surface area is 283 Å². The molecule has 2 saturated heterocycles. The zero-order valence-electron chi connectivity index (χ0n) is 28.7. The van der Waals surface area contributed by atoms with E-state index in [1.165, 1.54) is 5.57 Å². The molecule has 6 aliphatic carbocycles. The maximum Gasteiger partial charge on any atom is 0.344 e. The van der Waals surface area contributed by atoms with Gasteiger partial charge >= 0.3 is 23.9 Å². The predicted octanol–water partition coefficient (Wildman–Crippen LogP) is 4.57. The summed E-state index contributed by atoms with van der Waals surface area (Å²) >= 11 is 0. The molecule has 0 aromatic carbocycles. The summed E-state index contributed by atoms with van der Waals surface area (Å²) in [6.45, 7) is 8.10. The Balaban J connectivity index is 0.893. The van der Waals surface area contributed by atoms with Gasteiger partial charge in [-0.1, -0.05) is 25.8 Å². The molecule has 0 spiro atoms. The minimum absolute atomic E-state index is 0.0815. The highest BCUT2D eigenvalue weighted by atomic mass is 16.6. The van der Waals surface area contributed by atoms with Gasteiger partial charge in [-0.05, 0) is 113 Å². The highest BCUT2D eigenvalue weighted by Crippen LogP contribution is 2.68. The first-order valence-corrected chi connectivity index (χ1v) is 18.7. The van der Waals surface area contributed by atoms with Gasteiger partial charge in [0.25, 0.3) is 0 Å². The molecule has 8 rings (SSSR count). The summed E-state index contributed by atoms with van der Waals surface area (Å²) in [4.78, 5) is 67.0. The molecule has 2 bridgehead atoms. The van der Waals surface area contributed by atoms with E-state index < -0.39 is 54.2 Å². The van der Waals surface area contributed by atoms with E-state index >= 15 is 0 Å². The van der Waals surface area contributed by atoms with Gasteiger partial charge in [-0.25, -0.2) is 4.79 Å².